The second-order valence-electron chi connectivity index (χ2n) is 5.55. The number of carbonyl (C=O) groups is 1. The molecule has 1 heterocycles. The summed E-state index contributed by atoms with van der Waals surface area (Å²) >= 11 is 0. The Kier molecular flexibility index (Phi) is 5.19. The van der Waals surface area contributed by atoms with Gasteiger partial charge in [0.1, 0.15) is 0 Å². The zero-order valence-electron chi connectivity index (χ0n) is 11.6. The molecule has 0 aliphatic carbocycles. The number of aryl methyl sites for hydroxylation is 1. The van der Waals surface area contributed by atoms with E-state index in [4.69, 9.17) is 4.74 Å². The normalized spacial score (nSPS) is 13.1. The Morgan fingerprint density at radius 2 is 2.28 bits per heavy atom. The molecule has 5 heteroatoms. The van der Waals surface area contributed by atoms with Gasteiger partial charge in [-0.3, -0.25) is 0 Å². The van der Waals surface area contributed by atoms with Gasteiger partial charge in [-0.15, -0.1) is 0 Å². The zero-order valence-corrected chi connectivity index (χ0v) is 11.6. The summed E-state index contributed by atoms with van der Waals surface area (Å²) in [5.41, 5.74) is 1.09. The van der Waals surface area contributed by atoms with E-state index >= 15 is 0 Å². The van der Waals surface area contributed by atoms with Crippen LogP contribution in [-0.4, -0.2) is 28.7 Å². The molecule has 0 aromatic carbocycles. The Hall–Kier alpha value is -1.52. The van der Waals surface area contributed by atoms with Crippen LogP contribution in [0.4, 0.5) is 4.79 Å². The molecule has 1 atom stereocenters. The van der Waals surface area contributed by atoms with Gasteiger partial charge in [-0.1, -0.05) is 20.8 Å². The topological polar surface area (TPSA) is 67.0 Å². The minimum absolute atomic E-state index is 0.0366. The van der Waals surface area contributed by atoms with Crippen molar-refractivity contribution in [2.24, 2.45) is 5.41 Å². The van der Waals surface area contributed by atoms with Crippen LogP contribution in [-0.2, 0) is 11.2 Å². The van der Waals surface area contributed by atoms with Gasteiger partial charge >= 0.3 is 6.09 Å². The average Bonchev–Trinajstić information content (AvgIpc) is 2.75. The second-order valence-corrected chi connectivity index (χ2v) is 5.55. The van der Waals surface area contributed by atoms with Crippen LogP contribution in [0, 0.1) is 5.41 Å². The van der Waals surface area contributed by atoms with Crippen LogP contribution in [0.5, 0.6) is 0 Å². The van der Waals surface area contributed by atoms with Crippen molar-refractivity contribution in [1.82, 2.24) is 15.3 Å². The van der Waals surface area contributed by atoms with Crippen molar-refractivity contribution < 1.29 is 9.53 Å². The maximum absolute atomic E-state index is 11.5. The molecule has 102 valence electrons. The molecule has 0 unspecified atom stereocenters. The molecule has 1 aromatic heterocycles. The molecule has 18 heavy (non-hydrogen) atoms. The van der Waals surface area contributed by atoms with E-state index < -0.39 is 0 Å². The Labute approximate surface area is 108 Å². The fourth-order valence-electron chi connectivity index (χ4n) is 1.28. The highest BCUT2D eigenvalue weighted by Crippen LogP contribution is 2.18. The van der Waals surface area contributed by atoms with Gasteiger partial charge in [-0.05, 0) is 25.2 Å². The highest BCUT2D eigenvalue weighted by molar-refractivity contribution is 5.67. The molecule has 1 aromatic rings. The van der Waals surface area contributed by atoms with Crippen LogP contribution in [0.1, 0.15) is 39.8 Å². The molecular weight excluding hydrogens is 230 g/mol. The Balaban J connectivity index is 2.14. The molecule has 2 N–H and O–H groups in total. The van der Waals surface area contributed by atoms with E-state index in [1.165, 1.54) is 0 Å². The van der Waals surface area contributed by atoms with Crippen molar-refractivity contribution in [2.75, 3.05) is 6.61 Å². The minimum atomic E-state index is -0.345. The summed E-state index contributed by atoms with van der Waals surface area (Å²) in [6.45, 7) is 8.64. The van der Waals surface area contributed by atoms with Gasteiger partial charge < -0.3 is 15.0 Å². The molecule has 0 fully saturated rings. The summed E-state index contributed by atoms with van der Waals surface area (Å²) in [4.78, 5) is 18.4. The van der Waals surface area contributed by atoms with E-state index in [0.717, 1.165) is 18.5 Å². The van der Waals surface area contributed by atoms with Gasteiger partial charge in [0, 0.05) is 17.9 Å². The number of nitrogens with zero attached hydrogens (tertiary/aromatic N) is 1. The lowest BCUT2D eigenvalue weighted by atomic mass is 9.88. The van der Waals surface area contributed by atoms with Crippen molar-refractivity contribution >= 4 is 6.09 Å². The largest absolute Gasteiger partial charge is 0.450 e. The number of nitrogens with one attached hydrogen (secondary N) is 2. The summed E-state index contributed by atoms with van der Waals surface area (Å²) in [5.74, 6) is 0. The maximum atomic E-state index is 11.5. The molecule has 0 aliphatic rings. The standard InChI is InChI=1S/C13H23N3O2/c1-10(13(2,3)4)16-12(17)18-7-5-6-11-8-14-9-15-11/h8-10H,5-7H2,1-4H3,(H,14,15)(H,16,17)/t10-/m1/s1. The van der Waals surface area contributed by atoms with Crippen molar-refractivity contribution in [2.45, 2.75) is 46.6 Å². The highest BCUT2D eigenvalue weighted by atomic mass is 16.5. The van der Waals surface area contributed by atoms with Gasteiger partial charge in [-0.2, -0.15) is 0 Å². The van der Waals surface area contributed by atoms with E-state index in [0.29, 0.717) is 6.61 Å². The lowest BCUT2D eigenvalue weighted by molar-refractivity contribution is 0.133. The number of carbonyl (C=O) groups excluding carboxylic acids is 1. The first-order chi connectivity index (χ1) is 8.39. The molecular formula is C13H23N3O2. The molecule has 0 saturated heterocycles. The summed E-state index contributed by atoms with van der Waals surface area (Å²) in [5, 5.41) is 2.83. The predicted molar refractivity (Wildman–Crippen MR) is 70.3 cm³/mol. The summed E-state index contributed by atoms with van der Waals surface area (Å²) in [7, 11) is 0. The van der Waals surface area contributed by atoms with E-state index in [1.807, 2.05) is 6.92 Å². The molecule has 0 bridgehead atoms. The predicted octanol–water partition coefficient (Wildman–Crippen LogP) is 2.50. The quantitative estimate of drug-likeness (QED) is 0.792. The third-order valence-corrected chi connectivity index (χ3v) is 3.01. The summed E-state index contributed by atoms with van der Waals surface area (Å²) < 4.78 is 5.12. The van der Waals surface area contributed by atoms with Gasteiger partial charge in [0.05, 0.1) is 12.9 Å². The number of ether oxygens (including phenoxy) is 1. The van der Waals surface area contributed by atoms with E-state index in [-0.39, 0.29) is 17.6 Å². The SMILES string of the molecule is C[C@@H](NC(=O)OCCCc1cnc[nH]1)C(C)(C)C. The number of aromatic nitrogens is 2. The fourth-order valence-corrected chi connectivity index (χ4v) is 1.28. The number of hydrogen-bond acceptors (Lipinski definition) is 3. The van der Waals surface area contributed by atoms with Gasteiger partial charge in [0.25, 0.3) is 0 Å². The van der Waals surface area contributed by atoms with Crippen molar-refractivity contribution in [1.29, 1.82) is 0 Å². The molecule has 0 spiro atoms. The molecule has 0 saturated carbocycles. The van der Waals surface area contributed by atoms with Gasteiger partial charge in [0.15, 0.2) is 0 Å². The third kappa shape index (κ3) is 5.21. The zero-order chi connectivity index (χ0) is 13.6. The number of amides is 1. The molecule has 5 nitrogen and oxygen atoms in total. The fraction of sp³-hybridized carbons (Fsp3) is 0.692. The van der Waals surface area contributed by atoms with Crippen LogP contribution in [0.25, 0.3) is 0 Å². The van der Waals surface area contributed by atoms with Crippen LogP contribution >= 0.6 is 0 Å². The third-order valence-electron chi connectivity index (χ3n) is 3.01. The first-order valence-corrected chi connectivity index (χ1v) is 6.30. The second kappa shape index (κ2) is 6.42. The number of imidazole rings is 1. The van der Waals surface area contributed by atoms with E-state index in [2.05, 4.69) is 36.1 Å². The number of H-pyrrole nitrogens is 1. The number of rotatable bonds is 5. The van der Waals surface area contributed by atoms with Crippen molar-refractivity contribution in [3.8, 4) is 0 Å². The lowest BCUT2D eigenvalue weighted by Crippen LogP contribution is -2.41. The maximum Gasteiger partial charge on any atom is 0.407 e. The summed E-state index contributed by atoms with van der Waals surface area (Å²) in [6.07, 6.45) is 4.71. The van der Waals surface area contributed by atoms with E-state index in [9.17, 15) is 4.79 Å². The smallest absolute Gasteiger partial charge is 0.407 e. The van der Waals surface area contributed by atoms with Crippen molar-refractivity contribution in [3.05, 3.63) is 18.2 Å². The molecule has 1 amide bonds. The average molecular weight is 253 g/mol. The van der Waals surface area contributed by atoms with Crippen LogP contribution < -0.4 is 5.32 Å². The Morgan fingerprint density at radius 3 is 2.83 bits per heavy atom. The first kappa shape index (κ1) is 14.5. The number of alkyl carbamates (subject to hydrolysis) is 1. The highest BCUT2D eigenvalue weighted by Gasteiger charge is 2.21. The number of aromatic amines is 1. The Morgan fingerprint density at radius 1 is 1.56 bits per heavy atom. The Bertz CT molecular complexity index is 355. The molecule has 0 aliphatic heterocycles. The summed E-state index contributed by atoms with van der Waals surface area (Å²) in [6, 6.07) is 0.0811. The van der Waals surface area contributed by atoms with E-state index in [1.54, 1.807) is 12.5 Å². The van der Waals surface area contributed by atoms with Gasteiger partial charge in [-0.25, -0.2) is 9.78 Å². The first-order valence-electron chi connectivity index (χ1n) is 6.30. The molecule has 0 radical (unpaired) electrons. The van der Waals surface area contributed by atoms with Crippen LogP contribution in [0.3, 0.4) is 0 Å². The monoisotopic (exact) mass is 253 g/mol. The van der Waals surface area contributed by atoms with Crippen LogP contribution in [0.15, 0.2) is 12.5 Å². The lowest BCUT2D eigenvalue weighted by Gasteiger charge is -2.27. The number of hydrogen-bond donors (Lipinski definition) is 2. The van der Waals surface area contributed by atoms with Crippen molar-refractivity contribution in [3.63, 3.8) is 0 Å². The van der Waals surface area contributed by atoms with Crippen LogP contribution in [0.2, 0.25) is 0 Å². The van der Waals surface area contributed by atoms with Gasteiger partial charge in [0.2, 0.25) is 0 Å². The minimum Gasteiger partial charge on any atom is -0.450 e. The molecule has 1 rings (SSSR count).